The van der Waals surface area contributed by atoms with E-state index in [-0.39, 0.29) is 31.4 Å². The zero-order valence-electron chi connectivity index (χ0n) is 20.6. The molecule has 1 aromatic heterocycles. The number of fused-ring (bicyclic) bond motifs is 1. The number of carbonyl (C=O) groups is 2. The van der Waals surface area contributed by atoms with Gasteiger partial charge in [0.15, 0.2) is 0 Å². The molecule has 1 aliphatic heterocycles. The van der Waals surface area contributed by atoms with Crippen LogP contribution in [-0.2, 0) is 24.4 Å². The van der Waals surface area contributed by atoms with E-state index in [0.29, 0.717) is 22.2 Å². The summed E-state index contributed by atoms with van der Waals surface area (Å²) in [6.07, 6.45) is 0. The second-order valence-electron chi connectivity index (χ2n) is 9.22. The van der Waals surface area contributed by atoms with E-state index in [1.54, 1.807) is 41.8 Å². The lowest BCUT2D eigenvalue weighted by Crippen LogP contribution is -2.63. The summed E-state index contributed by atoms with van der Waals surface area (Å²) in [5.41, 5.74) is 2.57. The minimum atomic E-state index is -1.19. The molecule has 0 aliphatic carbocycles. The van der Waals surface area contributed by atoms with Crippen molar-refractivity contribution >= 4 is 23.4 Å². The van der Waals surface area contributed by atoms with Crippen LogP contribution in [0.5, 0.6) is 5.75 Å². The second kappa shape index (κ2) is 10.1. The Bertz CT molecular complexity index is 1440. The van der Waals surface area contributed by atoms with Gasteiger partial charge in [-0.3, -0.25) is 14.3 Å². The van der Waals surface area contributed by atoms with Gasteiger partial charge in [-0.1, -0.05) is 72.3 Å². The van der Waals surface area contributed by atoms with E-state index < -0.39 is 5.54 Å². The lowest BCUT2D eigenvalue weighted by Gasteiger charge is -2.43. The lowest BCUT2D eigenvalue weighted by atomic mass is 9.94. The van der Waals surface area contributed by atoms with Gasteiger partial charge in [0.1, 0.15) is 17.0 Å². The van der Waals surface area contributed by atoms with E-state index in [4.69, 9.17) is 21.4 Å². The number of benzene rings is 3. The van der Waals surface area contributed by atoms with Crippen molar-refractivity contribution < 1.29 is 14.3 Å². The van der Waals surface area contributed by atoms with Crippen LogP contribution in [0.4, 0.5) is 0 Å². The topological polar surface area (TPSA) is 76.5 Å². The van der Waals surface area contributed by atoms with E-state index in [9.17, 15) is 9.59 Å². The molecule has 0 unspecified atom stereocenters. The largest absolute Gasteiger partial charge is 0.496 e. The molecule has 1 N–H and O–H groups in total. The fourth-order valence-electron chi connectivity index (χ4n) is 4.63. The predicted molar refractivity (Wildman–Crippen MR) is 142 cm³/mol. The second-order valence-corrected chi connectivity index (χ2v) is 9.66. The average Bonchev–Trinajstić information content (AvgIpc) is 3.35. The van der Waals surface area contributed by atoms with Crippen molar-refractivity contribution in [1.29, 1.82) is 0 Å². The van der Waals surface area contributed by atoms with E-state index in [1.165, 1.54) is 0 Å². The third-order valence-corrected chi connectivity index (χ3v) is 6.99. The van der Waals surface area contributed by atoms with E-state index >= 15 is 0 Å². The summed E-state index contributed by atoms with van der Waals surface area (Å²) in [5, 5.41) is 8.33. The van der Waals surface area contributed by atoms with Gasteiger partial charge in [-0.25, -0.2) is 0 Å². The molecule has 1 atom stereocenters. The van der Waals surface area contributed by atoms with Gasteiger partial charge in [0.05, 0.1) is 19.3 Å². The fourth-order valence-corrected chi connectivity index (χ4v) is 4.75. The Morgan fingerprint density at radius 1 is 1.05 bits per heavy atom. The Balaban J connectivity index is 1.49. The zero-order chi connectivity index (χ0) is 26.0. The highest BCUT2D eigenvalue weighted by Gasteiger charge is 2.48. The summed E-state index contributed by atoms with van der Waals surface area (Å²) in [6.45, 7) is 2.51. The summed E-state index contributed by atoms with van der Waals surface area (Å²) in [7, 11) is 1.60. The molecular formula is C29H27ClN4O3. The molecule has 1 aliphatic rings. The molecule has 7 nitrogen and oxygen atoms in total. The number of nitrogens with zero attached hydrogens (tertiary/aromatic N) is 3. The Labute approximate surface area is 220 Å². The highest BCUT2D eigenvalue weighted by molar-refractivity contribution is 6.30. The van der Waals surface area contributed by atoms with Crippen LogP contribution in [0.15, 0.2) is 84.9 Å². The molecule has 8 heteroatoms. The maximum Gasteiger partial charge on any atom is 0.273 e. The number of halogens is 1. The minimum Gasteiger partial charge on any atom is -0.496 e. The summed E-state index contributed by atoms with van der Waals surface area (Å²) in [4.78, 5) is 29.3. The fraction of sp³-hybridized carbons (Fsp3) is 0.207. The molecule has 0 spiro atoms. The number of rotatable bonds is 7. The third kappa shape index (κ3) is 4.82. The van der Waals surface area contributed by atoms with E-state index in [1.807, 2.05) is 66.7 Å². The monoisotopic (exact) mass is 514 g/mol. The molecule has 2 heterocycles. The minimum absolute atomic E-state index is 0.215. The van der Waals surface area contributed by atoms with Crippen molar-refractivity contribution in [3.63, 3.8) is 0 Å². The molecule has 0 radical (unpaired) electrons. The number of para-hydroxylation sites is 1. The Morgan fingerprint density at radius 2 is 1.76 bits per heavy atom. The molecule has 3 aromatic carbocycles. The number of methoxy groups -OCH3 is 1. The zero-order valence-corrected chi connectivity index (χ0v) is 21.4. The van der Waals surface area contributed by atoms with Gasteiger partial charge >= 0.3 is 0 Å². The number of hydrogen-bond donors (Lipinski definition) is 1. The van der Waals surface area contributed by atoms with E-state index in [2.05, 4.69) is 5.32 Å². The first kappa shape index (κ1) is 24.6. The van der Waals surface area contributed by atoms with Crippen LogP contribution in [0.1, 0.15) is 28.5 Å². The highest BCUT2D eigenvalue weighted by Crippen LogP contribution is 2.32. The number of ether oxygens (including phenoxy) is 1. The van der Waals surface area contributed by atoms with Crippen LogP contribution < -0.4 is 10.1 Å². The summed E-state index contributed by atoms with van der Waals surface area (Å²) < 4.78 is 7.07. The number of carbonyl (C=O) groups excluding carboxylic acids is 2. The van der Waals surface area contributed by atoms with Crippen LogP contribution in [0, 0.1) is 0 Å². The Morgan fingerprint density at radius 3 is 2.49 bits per heavy atom. The molecule has 5 rings (SSSR count). The Kier molecular flexibility index (Phi) is 6.72. The quantitative estimate of drug-likeness (QED) is 0.379. The summed E-state index contributed by atoms with van der Waals surface area (Å²) >= 11 is 6.08. The standard InChI is InChI=1S/C29H27ClN4O3/c1-29(28(36)31-17-22-10-6-7-11-26(22)37-2)19-34-25(16-24(32-34)21-8-4-3-5-9-21)27(35)33(29)18-20-12-14-23(30)15-13-20/h3-16H,17-19H2,1-2H3,(H,31,36)/t29-/m1/s1. The van der Waals surface area contributed by atoms with Crippen molar-refractivity contribution in [1.82, 2.24) is 20.0 Å². The van der Waals surface area contributed by atoms with E-state index in [0.717, 1.165) is 16.7 Å². The maximum absolute atomic E-state index is 13.9. The van der Waals surface area contributed by atoms with Gasteiger partial charge < -0.3 is 15.0 Å². The van der Waals surface area contributed by atoms with Gasteiger partial charge in [-0.05, 0) is 36.8 Å². The number of hydrogen-bond acceptors (Lipinski definition) is 4. The van der Waals surface area contributed by atoms with Gasteiger partial charge in [-0.15, -0.1) is 0 Å². The van der Waals surface area contributed by atoms with Crippen molar-refractivity contribution in [2.75, 3.05) is 7.11 Å². The number of nitrogens with one attached hydrogen (secondary N) is 1. The summed E-state index contributed by atoms with van der Waals surface area (Å²) in [5.74, 6) is 0.154. The molecule has 2 amide bonds. The molecule has 0 bridgehead atoms. The SMILES string of the molecule is COc1ccccc1CNC(=O)[C@@]1(C)Cn2nc(-c3ccccc3)cc2C(=O)N1Cc1ccc(Cl)cc1. The first-order chi connectivity index (χ1) is 17.9. The number of amides is 2. The van der Waals surface area contributed by atoms with Gasteiger partial charge in [0, 0.05) is 29.2 Å². The smallest absolute Gasteiger partial charge is 0.273 e. The van der Waals surface area contributed by atoms with Crippen molar-refractivity contribution in [2.45, 2.75) is 32.1 Å². The van der Waals surface area contributed by atoms with Gasteiger partial charge in [0.2, 0.25) is 5.91 Å². The van der Waals surface area contributed by atoms with Crippen LogP contribution in [-0.4, -0.2) is 39.1 Å². The molecule has 188 valence electrons. The van der Waals surface area contributed by atoms with Crippen LogP contribution >= 0.6 is 11.6 Å². The Hall–Kier alpha value is -4.10. The first-order valence-electron chi connectivity index (χ1n) is 12.0. The third-order valence-electron chi connectivity index (χ3n) is 6.74. The van der Waals surface area contributed by atoms with Gasteiger partial charge in [-0.2, -0.15) is 5.10 Å². The van der Waals surface area contributed by atoms with Crippen LogP contribution in [0.2, 0.25) is 5.02 Å². The molecule has 0 saturated heterocycles. The van der Waals surface area contributed by atoms with Crippen molar-refractivity contribution in [3.05, 3.63) is 107 Å². The molecule has 0 fully saturated rings. The first-order valence-corrected chi connectivity index (χ1v) is 12.4. The molecule has 4 aromatic rings. The van der Waals surface area contributed by atoms with Gasteiger partial charge in [0.25, 0.3) is 5.91 Å². The normalized spacial score (nSPS) is 16.8. The molecule has 0 saturated carbocycles. The molecule has 37 heavy (non-hydrogen) atoms. The lowest BCUT2D eigenvalue weighted by molar-refractivity contribution is -0.133. The van der Waals surface area contributed by atoms with Crippen LogP contribution in [0.25, 0.3) is 11.3 Å². The van der Waals surface area contributed by atoms with Crippen molar-refractivity contribution in [2.24, 2.45) is 0 Å². The predicted octanol–water partition coefficient (Wildman–Crippen LogP) is 4.94. The van der Waals surface area contributed by atoms with Crippen molar-refractivity contribution in [3.8, 4) is 17.0 Å². The molecular weight excluding hydrogens is 488 g/mol. The maximum atomic E-state index is 13.9. The number of aromatic nitrogens is 2. The summed E-state index contributed by atoms with van der Waals surface area (Å²) in [6, 6.07) is 26.3. The highest BCUT2D eigenvalue weighted by atomic mass is 35.5. The van der Waals surface area contributed by atoms with Crippen LogP contribution in [0.3, 0.4) is 0 Å². The average molecular weight is 515 g/mol.